The van der Waals surface area contributed by atoms with Crippen molar-refractivity contribution in [1.82, 2.24) is 4.90 Å². The summed E-state index contributed by atoms with van der Waals surface area (Å²) in [5, 5.41) is 7.87. The highest BCUT2D eigenvalue weighted by atomic mass is 32.1. The molecular formula is C25H27N3O4S. The Balaban J connectivity index is 1.48. The van der Waals surface area contributed by atoms with E-state index in [1.165, 1.54) is 19.1 Å². The van der Waals surface area contributed by atoms with Gasteiger partial charge in [0.1, 0.15) is 11.5 Å². The first-order valence-corrected chi connectivity index (χ1v) is 11.7. The van der Waals surface area contributed by atoms with Crippen LogP contribution >= 0.6 is 11.3 Å². The van der Waals surface area contributed by atoms with Gasteiger partial charge in [0.15, 0.2) is 0 Å². The molecule has 2 heterocycles. The van der Waals surface area contributed by atoms with Crippen LogP contribution in [0.15, 0.2) is 60.0 Å². The molecule has 1 aliphatic heterocycles. The molecule has 0 saturated carbocycles. The van der Waals surface area contributed by atoms with Crippen LogP contribution in [0.2, 0.25) is 0 Å². The number of carbonyl (C=O) groups is 2. The minimum Gasteiger partial charge on any atom is -0.494 e. The number of rotatable bonds is 8. The molecule has 2 amide bonds. The molecular weight excluding hydrogens is 438 g/mol. The summed E-state index contributed by atoms with van der Waals surface area (Å²) in [5.41, 5.74) is 1.48. The molecule has 0 aliphatic carbocycles. The monoisotopic (exact) mass is 465 g/mol. The maximum Gasteiger partial charge on any atom is 0.255 e. The maximum absolute atomic E-state index is 12.9. The van der Waals surface area contributed by atoms with Crippen molar-refractivity contribution in [3.05, 3.63) is 70.4 Å². The molecule has 172 valence electrons. The molecule has 7 nitrogen and oxygen atoms in total. The lowest BCUT2D eigenvalue weighted by Crippen LogP contribution is -2.32. The number of hydrogen-bond donors (Lipinski definition) is 2. The van der Waals surface area contributed by atoms with Gasteiger partial charge in [0.2, 0.25) is 5.91 Å². The number of thiophene rings is 1. The number of benzene rings is 2. The fraction of sp³-hybridized carbons (Fsp3) is 0.280. The lowest BCUT2D eigenvalue weighted by atomic mass is 10.2. The molecule has 1 atom stereocenters. The van der Waals surface area contributed by atoms with Gasteiger partial charge in [0, 0.05) is 28.6 Å². The van der Waals surface area contributed by atoms with Crippen molar-refractivity contribution >= 4 is 34.5 Å². The van der Waals surface area contributed by atoms with E-state index in [0.29, 0.717) is 35.0 Å². The highest BCUT2D eigenvalue weighted by molar-refractivity contribution is 7.10. The van der Waals surface area contributed by atoms with Gasteiger partial charge in [-0.1, -0.05) is 24.3 Å². The molecule has 4 rings (SSSR count). The van der Waals surface area contributed by atoms with E-state index in [2.05, 4.69) is 27.0 Å². The van der Waals surface area contributed by atoms with Crippen molar-refractivity contribution in [3.63, 3.8) is 0 Å². The van der Waals surface area contributed by atoms with Gasteiger partial charge in [-0.15, -0.1) is 11.3 Å². The van der Waals surface area contributed by atoms with Gasteiger partial charge in [-0.05, 0) is 43.0 Å². The van der Waals surface area contributed by atoms with Crippen molar-refractivity contribution in [2.24, 2.45) is 0 Å². The predicted octanol–water partition coefficient (Wildman–Crippen LogP) is 4.79. The van der Waals surface area contributed by atoms with Crippen molar-refractivity contribution < 1.29 is 19.1 Å². The van der Waals surface area contributed by atoms with E-state index in [1.807, 2.05) is 12.1 Å². The Bertz CT molecular complexity index is 1100. The van der Waals surface area contributed by atoms with Crippen LogP contribution in [-0.2, 0) is 4.79 Å². The number of hydrogen-bond acceptors (Lipinski definition) is 6. The lowest BCUT2D eigenvalue weighted by Gasteiger charge is -2.23. The summed E-state index contributed by atoms with van der Waals surface area (Å²) in [6.45, 7) is 1.18. The Hall–Kier alpha value is -3.36. The van der Waals surface area contributed by atoms with Crippen LogP contribution in [0.1, 0.15) is 34.1 Å². The van der Waals surface area contributed by atoms with E-state index in [9.17, 15) is 9.59 Å². The Morgan fingerprint density at radius 3 is 2.33 bits per heavy atom. The molecule has 0 radical (unpaired) electrons. The third-order valence-corrected chi connectivity index (χ3v) is 6.64. The van der Waals surface area contributed by atoms with Crippen LogP contribution in [0.5, 0.6) is 11.5 Å². The zero-order valence-electron chi connectivity index (χ0n) is 18.7. The Morgan fingerprint density at radius 1 is 1.00 bits per heavy atom. The number of ether oxygens (including phenoxy) is 2. The number of methoxy groups -OCH3 is 2. The molecule has 1 fully saturated rings. The Kier molecular flexibility index (Phi) is 7.26. The minimum atomic E-state index is -0.263. The zero-order valence-corrected chi connectivity index (χ0v) is 19.5. The van der Waals surface area contributed by atoms with Crippen LogP contribution < -0.4 is 20.1 Å². The van der Waals surface area contributed by atoms with Gasteiger partial charge in [-0.25, -0.2) is 0 Å². The second kappa shape index (κ2) is 10.5. The lowest BCUT2D eigenvalue weighted by molar-refractivity contribution is -0.117. The summed E-state index contributed by atoms with van der Waals surface area (Å²) in [5.74, 6) is 0.470. The number of anilines is 2. The van der Waals surface area contributed by atoms with E-state index in [-0.39, 0.29) is 17.9 Å². The predicted molar refractivity (Wildman–Crippen MR) is 130 cm³/mol. The molecule has 1 aliphatic rings. The van der Waals surface area contributed by atoms with Gasteiger partial charge < -0.3 is 20.1 Å². The second-order valence-electron chi connectivity index (χ2n) is 7.77. The quantitative estimate of drug-likeness (QED) is 0.500. The number of likely N-dealkylation sites (tertiary alicyclic amines) is 1. The van der Waals surface area contributed by atoms with Crippen LogP contribution in [0, 0.1) is 0 Å². The van der Waals surface area contributed by atoms with E-state index in [0.717, 1.165) is 19.4 Å². The second-order valence-corrected chi connectivity index (χ2v) is 8.74. The largest absolute Gasteiger partial charge is 0.494 e. The van der Waals surface area contributed by atoms with Gasteiger partial charge in [0.05, 0.1) is 32.1 Å². The molecule has 2 N–H and O–H groups in total. The van der Waals surface area contributed by atoms with Gasteiger partial charge >= 0.3 is 0 Å². The van der Waals surface area contributed by atoms with E-state index in [1.54, 1.807) is 47.7 Å². The van der Waals surface area contributed by atoms with Crippen LogP contribution in [0.4, 0.5) is 11.4 Å². The van der Waals surface area contributed by atoms with E-state index < -0.39 is 0 Å². The van der Waals surface area contributed by atoms with Gasteiger partial charge in [-0.3, -0.25) is 14.5 Å². The van der Waals surface area contributed by atoms with Crippen LogP contribution in [0.25, 0.3) is 0 Å². The van der Waals surface area contributed by atoms with Crippen molar-refractivity contribution in [1.29, 1.82) is 0 Å². The average Bonchev–Trinajstić information content (AvgIpc) is 3.52. The standard InChI is InChI=1S/C25H27N3O4S/c1-31-21-15-19(27-25(30)17-8-4-3-5-9-17)22(32-2)14-18(21)26-24(29)16-28-12-6-10-20(28)23-11-7-13-33-23/h3-5,7-9,11,13-15,20H,6,10,12,16H2,1-2H3,(H,26,29)(H,27,30)/t20-/m1/s1. The smallest absolute Gasteiger partial charge is 0.255 e. The fourth-order valence-electron chi connectivity index (χ4n) is 4.07. The summed E-state index contributed by atoms with van der Waals surface area (Å²) in [7, 11) is 3.04. The topological polar surface area (TPSA) is 79.9 Å². The normalized spacial score (nSPS) is 15.8. The summed E-state index contributed by atoms with van der Waals surface area (Å²) in [6, 6.07) is 16.7. The summed E-state index contributed by atoms with van der Waals surface area (Å²) < 4.78 is 11.0. The molecule has 0 bridgehead atoms. The van der Waals surface area contributed by atoms with Gasteiger partial charge in [0.25, 0.3) is 5.91 Å². The highest BCUT2D eigenvalue weighted by Gasteiger charge is 2.28. The first-order valence-electron chi connectivity index (χ1n) is 10.8. The molecule has 0 spiro atoms. The molecule has 3 aromatic rings. The highest BCUT2D eigenvalue weighted by Crippen LogP contribution is 2.37. The maximum atomic E-state index is 12.9. The Morgan fingerprint density at radius 2 is 1.70 bits per heavy atom. The zero-order chi connectivity index (χ0) is 23.2. The first kappa shape index (κ1) is 22.8. The average molecular weight is 466 g/mol. The number of nitrogens with zero attached hydrogens (tertiary/aromatic N) is 1. The van der Waals surface area contributed by atoms with Gasteiger partial charge in [-0.2, -0.15) is 0 Å². The van der Waals surface area contributed by atoms with E-state index >= 15 is 0 Å². The molecule has 8 heteroatoms. The molecule has 33 heavy (non-hydrogen) atoms. The third-order valence-electron chi connectivity index (χ3n) is 5.66. The summed E-state index contributed by atoms with van der Waals surface area (Å²) in [4.78, 5) is 29.0. The minimum absolute atomic E-state index is 0.125. The molecule has 0 unspecified atom stereocenters. The third kappa shape index (κ3) is 5.35. The van der Waals surface area contributed by atoms with Crippen LogP contribution in [0.3, 0.4) is 0 Å². The number of nitrogens with one attached hydrogen (secondary N) is 2. The van der Waals surface area contributed by atoms with Crippen molar-refractivity contribution in [2.45, 2.75) is 18.9 Å². The molecule has 2 aromatic carbocycles. The van der Waals surface area contributed by atoms with Crippen molar-refractivity contribution in [2.75, 3.05) is 37.9 Å². The number of carbonyl (C=O) groups excluding carboxylic acids is 2. The molecule has 1 aromatic heterocycles. The Labute approximate surface area is 197 Å². The van der Waals surface area contributed by atoms with Crippen LogP contribution in [-0.4, -0.2) is 44.0 Å². The first-order chi connectivity index (χ1) is 16.1. The molecule has 1 saturated heterocycles. The summed E-state index contributed by atoms with van der Waals surface area (Å²) >= 11 is 1.73. The summed E-state index contributed by atoms with van der Waals surface area (Å²) in [6.07, 6.45) is 2.13. The fourth-order valence-corrected chi connectivity index (χ4v) is 4.97. The SMILES string of the molecule is COc1cc(NC(=O)c2ccccc2)c(OC)cc1NC(=O)CN1CCC[C@@H]1c1cccs1. The van der Waals surface area contributed by atoms with E-state index in [4.69, 9.17) is 9.47 Å². The number of amides is 2. The van der Waals surface area contributed by atoms with Crippen molar-refractivity contribution in [3.8, 4) is 11.5 Å².